The summed E-state index contributed by atoms with van der Waals surface area (Å²) in [5.41, 5.74) is 3.25. The van der Waals surface area contributed by atoms with Gasteiger partial charge in [0.15, 0.2) is 11.5 Å². The third kappa shape index (κ3) is 5.21. The Labute approximate surface area is 191 Å². The number of hydrogen-bond donors (Lipinski definition) is 1. The summed E-state index contributed by atoms with van der Waals surface area (Å²) < 4.78 is 21.2. The summed E-state index contributed by atoms with van der Waals surface area (Å²) in [5, 5.41) is 4.75. The van der Waals surface area contributed by atoms with Crippen LogP contribution in [0.4, 0.5) is 0 Å². The van der Waals surface area contributed by atoms with Crippen LogP contribution in [0.2, 0.25) is 5.02 Å². The minimum Gasteiger partial charge on any atom is -0.598 e. The van der Waals surface area contributed by atoms with Crippen LogP contribution in [-0.2, 0) is 11.4 Å². The minimum absolute atomic E-state index is 0.113. The van der Waals surface area contributed by atoms with Crippen molar-refractivity contribution in [1.82, 2.24) is 9.88 Å². The Morgan fingerprint density at radius 3 is 2.45 bits per heavy atom. The van der Waals surface area contributed by atoms with Gasteiger partial charge in [0, 0.05) is 27.5 Å². The largest absolute Gasteiger partial charge is 0.598 e. The molecule has 3 aromatic rings. The van der Waals surface area contributed by atoms with Gasteiger partial charge in [-0.1, -0.05) is 47.9 Å². The van der Waals surface area contributed by atoms with Crippen molar-refractivity contribution in [1.29, 1.82) is 0 Å². The van der Waals surface area contributed by atoms with Crippen LogP contribution >= 0.6 is 11.6 Å². The number of nitrogens with one attached hydrogen (secondary N) is 1. The molecule has 0 aliphatic carbocycles. The smallest absolute Gasteiger partial charge is 0.193 e. The number of ketones is 1. The van der Waals surface area contributed by atoms with Gasteiger partial charge in [0.25, 0.3) is 0 Å². The van der Waals surface area contributed by atoms with E-state index in [2.05, 4.69) is 9.88 Å². The Kier molecular flexibility index (Phi) is 7.27. The van der Waals surface area contributed by atoms with Gasteiger partial charge in [0.1, 0.15) is 10.8 Å². The Hall–Kier alpha value is -2.12. The first-order valence-corrected chi connectivity index (χ1v) is 11.7. The molecule has 1 aromatic heterocycles. The molecule has 0 fully saturated rings. The average Bonchev–Trinajstić information content (AvgIpc) is 3.12. The minimum atomic E-state index is -1.29. The maximum absolute atomic E-state index is 13.3. The maximum atomic E-state index is 13.3. The SMILES string of the molecule is CC[C@@H](N[S+]([O-])C(C)(C)C)c1onc(C)c1-c1ccccc1C(=O)c1ccc(Cl)cc1. The second-order valence-corrected chi connectivity index (χ2v) is 10.8. The van der Waals surface area contributed by atoms with E-state index in [1.807, 2.05) is 52.8 Å². The molecule has 0 bridgehead atoms. The fourth-order valence-corrected chi connectivity index (χ4v) is 4.25. The molecule has 1 unspecified atom stereocenters. The van der Waals surface area contributed by atoms with Gasteiger partial charge in [0.2, 0.25) is 0 Å². The van der Waals surface area contributed by atoms with Gasteiger partial charge in [0.05, 0.1) is 11.3 Å². The van der Waals surface area contributed by atoms with E-state index in [9.17, 15) is 9.35 Å². The number of carbonyl (C=O) groups is 1. The summed E-state index contributed by atoms with van der Waals surface area (Å²) in [6.07, 6.45) is 0.650. The first-order valence-electron chi connectivity index (χ1n) is 10.2. The van der Waals surface area contributed by atoms with Crippen molar-refractivity contribution >= 4 is 28.7 Å². The summed E-state index contributed by atoms with van der Waals surface area (Å²) in [6, 6.07) is 13.9. The average molecular weight is 459 g/mol. The van der Waals surface area contributed by atoms with Crippen LogP contribution in [0.15, 0.2) is 53.1 Å². The van der Waals surface area contributed by atoms with E-state index in [-0.39, 0.29) is 11.8 Å². The third-order valence-electron chi connectivity index (χ3n) is 4.97. The second-order valence-electron chi connectivity index (χ2n) is 8.35. The number of hydrogen-bond acceptors (Lipinski definition) is 5. The fourth-order valence-electron chi connectivity index (χ4n) is 3.24. The van der Waals surface area contributed by atoms with Crippen LogP contribution in [0, 0.1) is 6.92 Å². The summed E-state index contributed by atoms with van der Waals surface area (Å²) in [7, 11) is 0. The van der Waals surface area contributed by atoms with E-state index in [0.29, 0.717) is 34.0 Å². The Morgan fingerprint density at radius 2 is 1.84 bits per heavy atom. The van der Waals surface area contributed by atoms with E-state index in [1.54, 1.807) is 30.3 Å². The molecule has 0 saturated carbocycles. The molecule has 0 spiro atoms. The molecule has 0 aliphatic rings. The lowest BCUT2D eigenvalue weighted by atomic mass is 9.91. The van der Waals surface area contributed by atoms with Crippen molar-refractivity contribution < 1.29 is 13.9 Å². The molecule has 164 valence electrons. The first kappa shape index (κ1) is 23.5. The summed E-state index contributed by atoms with van der Waals surface area (Å²) in [5.74, 6) is 0.465. The number of aryl methyl sites for hydroxylation is 1. The van der Waals surface area contributed by atoms with Crippen LogP contribution in [-0.4, -0.2) is 20.2 Å². The van der Waals surface area contributed by atoms with Crippen LogP contribution in [0.3, 0.4) is 0 Å². The Balaban J connectivity index is 2.06. The lowest BCUT2D eigenvalue weighted by Crippen LogP contribution is -2.41. The molecule has 1 heterocycles. The van der Waals surface area contributed by atoms with Gasteiger partial charge >= 0.3 is 0 Å². The molecule has 7 heteroatoms. The van der Waals surface area contributed by atoms with Crippen LogP contribution in [0.25, 0.3) is 11.1 Å². The zero-order valence-corrected chi connectivity index (χ0v) is 19.9. The number of halogens is 1. The van der Waals surface area contributed by atoms with Gasteiger partial charge < -0.3 is 9.08 Å². The highest BCUT2D eigenvalue weighted by Gasteiger charge is 2.33. The summed E-state index contributed by atoms with van der Waals surface area (Å²) in [6.45, 7) is 9.57. The summed E-state index contributed by atoms with van der Waals surface area (Å²) >= 11 is 4.69. The number of aromatic nitrogens is 1. The molecule has 0 radical (unpaired) electrons. The topological polar surface area (TPSA) is 78.2 Å². The molecule has 5 nitrogen and oxygen atoms in total. The highest BCUT2D eigenvalue weighted by molar-refractivity contribution is 7.90. The van der Waals surface area contributed by atoms with Crippen LogP contribution in [0.1, 0.15) is 67.5 Å². The normalized spacial score (nSPS) is 13.8. The van der Waals surface area contributed by atoms with Crippen molar-refractivity contribution in [2.24, 2.45) is 0 Å². The third-order valence-corrected chi connectivity index (χ3v) is 6.83. The van der Waals surface area contributed by atoms with E-state index in [1.165, 1.54) is 0 Å². The Morgan fingerprint density at radius 1 is 1.19 bits per heavy atom. The molecule has 0 amide bonds. The monoisotopic (exact) mass is 458 g/mol. The zero-order chi connectivity index (χ0) is 22.8. The van der Waals surface area contributed by atoms with E-state index in [4.69, 9.17) is 16.1 Å². The Bertz CT molecular complexity index is 1060. The van der Waals surface area contributed by atoms with Crippen LogP contribution < -0.4 is 4.72 Å². The zero-order valence-electron chi connectivity index (χ0n) is 18.4. The highest BCUT2D eigenvalue weighted by Crippen LogP contribution is 2.36. The van der Waals surface area contributed by atoms with Crippen molar-refractivity contribution in [3.8, 4) is 11.1 Å². The number of nitrogens with zero attached hydrogens (tertiary/aromatic N) is 1. The molecule has 1 N–H and O–H groups in total. The second kappa shape index (κ2) is 9.57. The predicted molar refractivity (Wildman–Crippen MR) is 126 cm³/mol. The van der Waals surface area contributed by atoms with Gasteiger partial charge in [-0.15, -0.1) is 4.72 Å². The fraction of sp³-hybridized carbons (Fsp3) is 0.333. The van der Waals surface area contributed by atoms with Crippen molar-refractivity contribution in [2.75, 3.05) is 0 Å². The first-order chi connectivity index (χ1) is 14.6. The van der Waals surface area contributed by atoms with Gasteiger partial charge in [-0.2, -0.15) is 0 Å². The lowest BCUT2D eigenvalue weighted by Gasteiger charge is -2.27. The molecule has 2 atom stereocenters. The standard InChI is InChI=1S/C24H27ClN2O3S/c1-6-20(27-31(29)24(3,4)5)23-21(15(2)26-30-23)18-9-7-8-10-19(18)22(28)16-11-13-17(25)14-12-16/h7-14,20,27H,6H2,1-5H3/t20-,31?/m1/s1. The number of benzene rings is 2. The number of rotatable bonds is 7. The maximum Gasteiger partial charge on any atom is 0.193 e. The summed E-state index contributed by atoms with van der Waals surface area (Å²) in [4.78, 5) is 13.3. The van der Waals surface area contributed by atoms with Gasteiger partial charge in [-0.25, -0.2) is 0 Å². The highest BCUT2D eigenvalue weighted by atomic mass is 35.5. The molecule has 0 saturated heterocycles. The molecular formula is C24H27ClN2O3S. The van der Waals surface area contributed by atoms with E-state index < -0.39 is 16.1 Å². The van der Waals surface area contributed by atoms with Crippen molar-refractivity contribution in [3.63, 3.8) is 0 Å². The number of carbonyl (C=O) groups excluding carboxylic acids is 1. The van der Waals surface area contributed by atoms with Gasteiger partial charge in [-0.3, -0.25) is 4.79 Å². The quantitative estimate of drug-likeness (QED) is 0.345. The molecule has 2 aromatic carbocycles. The van der Waals surface area contributed by atoms with Crippen molar-refractivity contribution in [3.05, 3.63) is 76.1 Å². The lowest BCUT2D eigenvalue weighted by molar-refractivity contribution is 0.103. The molecule has 3 rings (SSSR count). The molecule has 31 heavy (non-hydrogen) atoms. The predicted octanol–water partition coefficient (Wildman–Crippen LogP) is 6.04. The molecule has 0 aliphatic heterocycles. The van der Waals surface area contributed by atoms with E-state index >= 15 is 0 Å². The molecular weight excluding hydrogens is 432 g/mol. The van der Waals surface area contributed by atoms with E-state index in [0.717, 1.165) is 11.1 Å². The van der Waals surface area contributed by atoms with Crippen molar-refractivity contribution in [2.45, 2.75) is 51.8 Å². The van der Waals surface area contributed by atoms with Crippen LogP contribution in [0.5, 0.6) is 0 Å². The van der Waals surface area contributed by atoms with Gasteiger partial charge in [-0.05, 0) is 63.9 Å².